The van der Waals surface area contributed by atoms with Gasteiger partial charge in [0.15, 0.2) is 6.10 Å². The van der Waals surface area contributed by atoms with Crippen molar-refractivity contribution in [2.75, 3.05) is 33.3 Å². The highest BCUT2D eigenvalue weighted by atomic mass is 16.5. The Morgan fingerprint density at radius 2 is 1.40 bits per heavy atom. The lowest BCUT2D eigenvalue weighted by molar-refractivity contribution is -0.145. The van der Waals surface area contributed by atoms with Crippen LogP contribution in [0.15, 0.2) is 54.6 Å². The molecule has 0 aromatic heterocycles. The summed E-state index contributed by atoms with van der Waals surface area (Å²) in [5.41, 5.74) is 0.396. The number of hydrogen-bond acceptors (Lipinski definition) is 4. The minimum Gasteiger partial charge on any atom is -0.497 e. The van der Waals surface area contributed by atoms with Gasteiger partial charge in [0, 0.05) is 26.2 Å². The summed E-state index contributed by atoms with van der Waals surface area (Å²) >= 11 is 0. The van der Waals surface area contributed by atoms with Crippen molar-refractivity contribution in [1.82, 2.24) is 9.80 Å². The van der Waals surface area contributed by atoms with Crippen LogP contribution < -0.4 is 9.47 Å². The van der Waals surface area contributed by atoms with Gasteiger partial charge in [0.05, 0.1) is 12.5 Å². The van der Waals surface area contributed by atoms with E-state index in [0.717, 1.165) is 11.3 Å². The van der Waals surface area contributed by atoms with E-state index < -0.39 is 11.5 Å². The number of methoxy groups -OCH3 is 1. The molecule has 6 heteroatoms. The van der Waals surface area contributed by atoms with E-state index in [4.69, 9.17) is 9.47 Å². The van der Waals surface area contributed by atoms with Gasteiger partial charge in [-0.15, -0.1) is 0 Å². The zero-order valence-electron chi connectivity index (χ0n) is 18.1. The Labute approximate surface area is 178 Å². The zero-order valence-corrected chi connectivity index (χ0v) is 18.1. The second-order valence-corrected chi connectivity index (χ2v) is 8.04. The lowest BCUT2D eigenvalue weighted by atomic mass is 9.83. The van der Waals surface area contributed by atoms with Crippen LogP contribution in [0.3, 0.4) is 0 Å². The van der Waals surface area contributed by atoms with Gasteiger partial charge in [-0.2, -0.15) is 0 Å². The van der Waals surface area contributed by atoms with Gasteiger partial charge in [0.25, 0.3) is 5.91 Å². The number of ether oxygens (including phenoxy) is 2. The van der Waals surface area contributed by atoms with Crippen molar-refractivity contribution >= 4 is 11.8 Å². The molecule has 3 rings (SSSR count). The van der Waals surface area contributed by atoms with E-state index in [9.17, 15) is 9.59 Å². The number of nitrogens with zero attached hydrogens (tertiary/aromatic N) is 2. The van der Waals surface area contributed by atoms with Crippen molar-refractivity contribution in [1.29, 1.82) is 0 Å². The Morgan fingerprint density at radius 3 is 1.97 bits per heavy atom. The van der Waals surface area contributed by atoms with Crippen molar-refractivity contribution in [2.24, 2.45) is 0 Å². The molecular weight excluding hydrogens is 380 g/mol. The van der Waals surface area contributed by atoms with Crippen molar-refractivity contribution in [2.45, 2.75) is 32.3 Å². The van der Waals surface area contributed by atoms with Gasteiger partial charge in [-0.1, -0.05) is 30.3 Å². The molecule has 0 spiro atoms. The van der Waals surface area contributed by atoms with Gasteiger partial charge in [0.2, 0.25) is 5.91 Å². The molecule has 1 aliphatic rings. The van der Waals surface area contributed by atoms with E-state index in [1.807, 2.05) is 49.1 Å². The van der Waals surface area contributed by atoms with Gasteiger partial charge < -0.3 is 19.3 Å². The first kappa shape index (κ1) is 21.7. The number of amides is 2. The van der Waals surface area contributed by atoms with Gasteiger partial charge in [-0.05, 0) is 50.6 Å². The standard InChI is InChI=1S/C24H30N2O4/c1-18(30-21-12-10-20(29-4)11-13-21)22(27)25-14-16-26(17-15-25)23(28)24(2,3)19-8-6-5-7-9-19/h5-13,18H,14-17H2,1-4H3. The quantitative estimate of drug-likeness (QED) is 0.734. The van der Waals surface area contributed by atoms with E-state index in [2.05, 4.69) is 0 Å². The highest BCUT2D eigenvalue weighted by molar-refractivity contribution is 5.88. The lowest BCUT2D eigenvalue weighted by Crippen LogP contribution is -2.56. The van der Waals surface area contributed by atoms with E-state index in [-0.39, 0.29) is 11.8 Å². The number of hydrogen-bond donors (Lipinski definition) is 0. The highest BCUT2D eigenvalue weighted by Crippen LogP contribution is 2.26. The molecule has 0 radical (unpaired) electrons. The number of benzene rings is 2. The fourth-order valence-corrected chi connectivity index (χ4v) is 3.67. The van der Waals surface area contributed by atoms with Gasteiger partial charge in [-0.25, -0.2) is 0 Å². The molecule has 1 fully saturated rings. The van der Waals surface area contributed by atoms with Crippen LogP contribution in [0.2, 0.25) is 0 Å². The molecule has 1 unspecified atom stereocenters. The Kier molecular flexibility index (Phi) is 6.65. The molecule has 1 saturated heterocycles. The van der Waals surface area contributed by atoms with Gasteiger partial charge >= 0.3 is 0 Å². The largest absolute Gasteiger partial charge is 0.497 e. The zero-order chi connectivity index (χ0) is 21.7. The predicted molar refractivity (Wildman–Crippen MR) is 116 cm³/mol. The summed E-state index contributed by atoms with van der Waals surface area (Å²) in [7, 11) is 1.60. The van der Waals surface area contributed by atoms with E-state index in [1.54, 1.807) is 43.2 Å². The Bertz CT molecular complexity index is 857. The first-order valence-electron chi connectivity index (χ1n) is 10.3. The third-order valence-electron chi connectivity index (χ3n) is 5.63. The molecule has 2 aromatic carbocycles. The first-order valence-corrected chi connectivity index (χ1v) is 10.3. The van der Waals surface area contributed by atoms with Crippen molar-refractivity contribution in [3.63, 3.8) is 0 Å². The number of piperazine rings is 1. The van der Waals surface area contributed by atoms with Crippen molar-refractivity contribution in [3.8, 4) is 11.5 Å². The molecule has 0 N–H and O–H groups in total. The SMILES string of the molecule is COc1ccc(OC(C)C(=O)N2CCN(C(=O)C(C)(C)c3ccccc3)CC2)cc1. The first-order chi connectivity index (χ1) is 14.3. The summed E-state index contributed by atoms with van der Waals surface area (Å²) in [4.78, 5) is 29.5. The maximum atomic E-state index is 13.1. The monoisotopic (exact) mass is 410 g/mol. The second-order valence-electron chi connectivity index (χ2n) is 8.04. The number of rotatable bonds is 6. The van der Waals surface area contributed by atoms with E-state index in [0.29, 0.717) is 31.9 Å². The predicted octanol–water partition coefficient (Wildman–Crippen LogP) is 3.11. The van der Waals surface area contributed by atoms with E-state index in [1.165, 1.54) is 0 Å². The normalized spacial score (nSPS) is 15.5. The Hall–Kier alpha value is -3.02. The molecule has 30 heavy (non-hydrogen) atoms. The average Bonchev–Trinajstić information content (AvgIpc) is 2.79. The Balaban J connectivity index is 1.55. The van der Waals surface area contributed by atoms with Gasteiger partial charge in [0.1, 0.15) is 11.5 Å². The average molecular weight is 411 g/mol. The Morgan fingerprint density at radius 1 is 0.867 bits per heavy atom. The summed E-state index contributed by atoms with van der Waals surface area (Å²) in [5, 5.41) is 0. The summed E-state index contributed by atoms with van der Waals surface area (Å²) < 4.78 is 10.9. The minimum absolute atomic E-state index is 0.0692. The summed E-state index contributed by atoms with van der Waals surface area (Å²) in [5.74, 6) is 1.37. The molecule has 160 valence electrons. The maximum absolute atomic E-state index is 13.1. The van der Waals surface area contributed by atoms with E-state index >= 15 is 0 Å². The van der Waals surface area contributed by atoms with Gasteiger partial charge in [-0.3, -0.25) is 9.59 Å². The summed E-state index contributed by atoms with van der Waals surface area (Å²) in [6, 6.07) is 17.0. The molecule has 1 atom stereocenters. The smallest absolute Gasteiger partial charge is 0.263 e. The third-order valence-corrected chi connectivity index (χ3v) is 5.63. The topological polar surface area (TPSA) is 59.1 Å². The van der Waals surface area contributed by atoms with Crippen LogP contribution in [0.1, 0.15) is 26.3 Å². The second kappa shape index (κ2) is 9.20. The van der Waals surface area contributed by atoms with Crippen LogP contribution in [0, 0.1) is 0 Å². The molecule has 2 aromatic rings. The van der Waals surface area contributed by atoms with Crippen LogP contribution in [-0.4, -0.2) is 61.0 Å². The fourth-order valence-electron chi connectivity index (χ4n) is 3.67. The summed E-state index contributed by atoms with van der Waals surface area (Å²) in [6.07, 6.45) is -0.596. The van der Waals surface area contributed by atoms with Crippen LogP contribution >= 0.6 is 0 Å². The van der Waals surface area contributed by atoms with Crippen LogP contribution in [0.25, 0.3) is 0 Å². The van der Waals surface area contributed by atoms with Crippen LogP contribution in [-0.2, 0) is 15.0 Å². The molecule has 1 aliphatic heterocycles. The molecule has 6 nitrogen and oxygen atoms in total. The third kappa shape index (κ3) is 4.75. The highest BCUT2D eigenvalue weighted by Gasteiger charge is 2.36. The number of carbonyl (C=O) groups is 2. The maximum Gasteiger partial charge on any atom is 0.263 e. The molecule has 2 amide bonds. The number of carbonyl (C=O) groups excluding carboxylic acids is 2. The molecule has 0 aliphatic carbocycles. The molecular formula is C24H30N2O4. The van der Waals surface area contributed by atoms with Crippen LogP contribution in [0.5, 0.6) is 11.5 Å². The van der Waals surface area contributed by atoms with Crippen LogP contribution in [0.4, 0.5) is 0 Å². The van der Waals surface area contributed by atoms with Crippen molar-refractivity contribution < 1.29 is 19.1 Å². The molecule has 1 heterocycles. The minimum atomic E-state index is -0.599. The summed E-state index contributed by atoms with van der Waals surface area (Å²) in [6.45, 7) is 7.71. The fraction of sp³-hybridized carbons (Fsp3) is 0.417. The molecule has 0 bridgehead atoms. The lowest BCUT2D eigenvalue weighted by Gasteiger charge is -2.39. The molecule has 0 saturated carbocycles. The van der Waals surface area contributed by atoms with Crippen molar-refractivity contribution in [3.05, 3.63) is 60.2 Å².